The van der Waals surface area contributed by atoms with Crippen molar-refractivity contribution in [2.24, 2.45) is 5.41 Å². The molecule has 40 heavy (non-hydrogen) atoms. The second-order valence-corrected chi connectivity index (χ2v) is 12.7. The molecule has 4 fully saturated rings. The zero-order valence-corrected chi connectivity index (χ0v) is 23.9. The normalized spacial score (nSPS) is 22.9. The predicted molar refractivity (Wildman–Crippen MR) is 152 cm³/mol. The summed E-state index contributed by atoms with van der Waals surface area (Å²) in [6, 6.07) is 1.11. The van der Waals surface area contributed by atoms with Crippen molar-refractivity contribution >= 4 is 11.8 Å². The molecule has 3 saturated heterocycles. The highest BCUT2D eigenvalue weighted by Crippen LogP contribution is 2.42. The van der Waals surface area contributed by atoms with Gasteiger partial charge in [0.05, 0.1) is 13.1 Å². The smallest absolute Gasteiger partial charge is 0.232 e. The Morgan fingerprint density at radius 3 is 2.00 bits per heavy atom. The minimum Gasteiger partial charge on any atom is -0.348 e. The quantitative estimate of drug-likeness (QED) is 0.490. The van der Waals surface area contributed by atoms with E-state index >= 15 is 0 Å². The molecule has 2 aromatic rings. The van der Waals surface area contributed by atoms with Crippen LogP contribution in [-0.4, -0.2) is 103 Å². The summed E-state index contributed by atoms with van der Waals surface area (Å²) in [6.07, 6.45) is 19.4. The van der Waals surface area contributed by atoms with Crippen LogP contribution in [-0.2, 0) is 22.7 Å². The molecular formula is C30H46N8O2. The third-order valence-corrected chi connectivity index (χ3v) is 10.2. The average molecular weight is 551 g/mol. The van der Waals surface area contributed by atoms with Crippen LogP contribution in [0.5, 0.6) is 0 Å². The summed E-state index contributed by atoms with van der Waals surface area (Å²) in [4.78, 5) is 50.6. The van der Waals surface area contributed by atoms with Crippen LogP contribution in [0.2, 0.25) is 0 Å². The first-order chi connectivity index (χ1) is 19.6. The summed E-state index contributed by atoms with van der Waals surface area (Å²) in [5.74, 6) is 1.87. The number of nitrogens with zero attached hydrogens (tertiary/aromatic N) is 6. The molecule has 218 valence electrons. The van der Waals surface area contributed by atoms with Crippen LogP contribution in [0.3, 0.4) is 0 Å². The first-order valence-corrected chi connectivity index (χ1v) is 15.6. The number of likely N-dealkylation sites (tertiary alicyclic amines) is 3. The molecule has 3 aliphatic heterocycles. The van der Waals surface area contributed by atoms with Crippen molar-refractivity contribution in [1.82, 2.24) is 39.5 Å². The number of piperidine rings is 2. The summed E-state index contributed by atoms with van der Waals surface area (Å²) in [5, 5.41) is 0. The summed E-state index contributed by atoms with van der Waals surface area (Å²) >= 11 is 0. The van der Waals surface area contributed by atoms with Gasteiger partial charge in [0.15, 0.2) is 0 Å². The van der Waals surface area contributed by atoms with Crippen molar-refractivity contribution in [2.45, 2.75) is 95.8 Å². The molecule has 0 bridgehead atoms. The molecule has 6 rings (SSSR count). The van der Waals surface area contributed by atoms with Crippen LogP contribution in [0, 0.1) is 5.41 Å². The number of aromatic nitrogens is 4. The van der Waals surface area contributed by atoms with Gasteiger partial charge >= 0.3 is 0 Å². The highest BCUT2D eigenvalue weighted by molar-refractivity contribution is 5.97. The molecule has 10 nitrogen and oxygen atoms in total. The van der Waals surface area contributed by atoms with Gasteiger partial charge in [0, 0.05) is 63.1 Å². The maximum Gasteiger partial charge on any atom is 0.232 e. The molecule has 2 aromatic heterocycles. The van der Waals surface area contributed by atoms with E-state index in [9.17, 15) is 9.59 Å². The molecule has 2 N–H and O–H groups in total. The number of carbonyl (C=O) groups is 2. The number of carbonyl (C=O) groups excluding carboxylic acids is 2. The third-order valence-electron chi connectivity index (χ3n) is 10.2. The van der Waals surface area contributed by atoms with E-state index in [-0.39, 0.29) is 23.7 Å². The molecule has 0 unspecified atom stereocenters. The highest BCUT2D eigenvalue weighted by Gasteiger charge is 2.43. The maximum atomic E-state index is 13.2. The van der Waals surface area contributed by atoms with Crippen LogP contribution >= 0.6 is 0 Å². The average Bonchev–Trinajstić information content (AvgIpc) is 3.78. The van der Waals surface area contributed by atoms with E-state index in [0.29, 0.717) is 32.2 Å². The first-order valence-electron chi connectivity index (χ1n) is 15.6. The molecule has 1 spiro atoms. The van der Waals surface area contributed by atoms with Crippen LogP contribution in [0.4, 0.5) is 0 Å². The molecule has 4 aliphatic rings. The lowest BCUT2D eigenvalue weighted by Crippen LogP contribution is -2.48. The van der Waals surface area contributed by atoms with Gasteiger partial charge in [-0.25, -0.2) is 9.97 Å². The minimum absolute atomic E-state index is 0.0114. The molecule has 2 amide bonds. The van der Waals surface area contributed by atoms with Gasteiger partial charge in [0.25, 0.3) is 0 Å². The van der Waals surface area contributed by atoms with Gasteiger partial charge in [-0.05, 0) is 63.5 Å². The Kier molecular flexibility index (Phi) is 8.53. The summed E-state index contributed by atoms with van der Waals surface area (Å²) in [7, 11) is 0. The first kappa shape index (κ1) is 27.4. The SMILES string of the molecule is O=C(CC(=O)N1CCC2(CCN(C3CCCCC3)CC2)C1)N1CCC(N(Cc2ncc[nH]2)Cc2ncc[nH]2)CC1. The lowest BCUT2D eigenvalue weighted by Gasteiger charge is -2.43. The van der Waals surface area contributed by atoms with Gasteiger partial charge in [-0.3, -0.25) is 14.5 Å². The van der Waals surface area contributed by atoms with E-state index in [2.05, 4.69) is 29.7 Å². The fourth-order valence-corrected chi connectivity index (χ4v) is 7.67. The van der Waals surface area contributed by atoms with Gasteiger partial charge in [0.1, 0.15) is 18.1 Å². The van der Waals surface area contributed by atoms with E-state index in [1.54, 1.807) is 12.4 Å². The Labute approximate surface area is 237 Å². The second-order valence-electron chi connectivity index (χ2n) is 12.7. The topological polar surface area (TPSA) is 104 Å². The van der Waals surface area contributed by atoms with E-state index in [1.807, 2.05) is 22.2 Å². The van der Waals surface area contributed by atoms with Crippen molar-refractivity contribution in [3.63, 3.8) is 0 Å². The van der Waals surface area contributed by atoms with E-state index in [4.69, 9.17) is 0 Å². The lowest BCUT2D eigenvalue weighted by molar-refractivity contribution is -0.141. The third kappa shape index (κ3) is 6.43. The highest BCUT2D eigenvalue weighted by atomic mass is 16.2. The van der Waals surface area contributed by atoms with Gasteiger partial charge < -0.3 is 24.7 Å². The van der Waals surface area contributed by atoms with Crippen molar-refractivity contribution in [1.29, 1.82) is 0 Å². The summed E-state index contributed by atoms with van der Waals surface area (Å²) in [5.41, 5.74) is 0.271. The standard InChI is InChI=1S/C30H46N8O2/c39-28(20-29(40)37-19-10-30(23-37)8-17-35(18-9-30)24-4-2-1-3-5-24)36-15-6-25(7-16-36)38(21-26-31-11-12-32-26)22-27-33-13-14-34-27/h11-14,24-25H,1-10,15-23H2,(H,31,32)(H,33,34). The van der Waals surface area contributed by atoms with Crippen LogP contribution in [0.15, 0.2) is 24.8 Å². The van der Waals surface area contributed by atoms with Crippen molar-refractivity contribution < 1.29 is 9.59 Å². The van der Waals surface area contributed by atoms with Gasteiger partial charge in [-0.15, -0.1) is 0 Å². The summed E-state index contributed by atoms with van der Waals surface area (Å²) < 4.78 is 0. The Morgan fingerprint density at radius 2 is 1.40 bits per heavy atom. The van der Waals surface area contributed by atoms with E-state index in [0.717, 1.165) is 50.0 Å². The van der Waals surface area contributed by atoms with E-state index < -0.39 is 0 Å². The Balaban J connectivity index is 0.961. The van der Waals surface area contributed by atoms with Crippen LogP contribution < -0.4 is 0 Å². The molecule has 0 atom stereocenters. The number of H-pyrrole nitrogens is 2. The largest absolute Gasteiger partial charge is 0.348 e. The van der Waals surface area contributed by atoms with Gasteiger partial charge in [0.2, 0.25) is 11.8 Å². The Morgan fingerprint density at radius 1 is 0.800 bits per heavy atom. The van der Waals surface area contributed by atoms with Crippen LogP contribution in [0.25, 0.3) is 0 Å². The van der Waals surface area contributed by atoms with Gasteiger partial charge in [-0.1, -0.05) is 19.3 Å². The fourth-order valence-electron chi connectivity index (χ4n) is 7.67. The molecule has 1 aliphatic carbocycles. The van der Waals surface area contributed by atoms with Gasteiger partial charge in [-0.2, -0.15) is 0 Å². The fraction of sp³-hybridized carbons (Fsp3) is 0.733. The predicted octanol–water partition coefficient (Wildman–Crippen LogP) is 3.16. The minimum atomic E-state index is -0.0138. The van der Waals surface area contributed by atoms with Crippen molar-refractivity contribution in [2.75, 3.05) is 39.3 Å². The number of imidazole rings is 2. The molecule has 10 heteroatoms. The number of amides is 2. The number of hydrogen-bond acceptors (Lipinski definition) is 6. The monoisotopic (exact) mass is 550 g/mol. The van der Waals surface area contributed by atoms with Crippen molar-refractivity contribution in [3.8, 4) is 0 Å². The Hall–Kier alpha value is -2.72. The second kappa shape index (κ2) is 12.4. The molecule has 5 heterocycles. The molecule has 0 radical (unpaired) electrons. The van der Waals surface area contributed by atoms with Crippen LogP contribution in [0.1, 0.15) is 82.3 Å². The van der Waals surface area contributed by atoms with E-state index in [1.165, 1.54) is 58.0 Å². The zero-order chi connectivity index (χ0) is 27.4. The summed E-state index contributed by atoms with van der Waals surface area (Å²) in [6.45, 7) is 6.80. The molecule has 0 aromatic carbocycles. The number of aromatic amines is 2. The zero-order valence-electron chi connectivity index (χ0n) is 23.9. The lowest BCUT2D eigenvalue weighted by atomic mass is 9.77. The molecule has 1 saturated carbocycles. The Bertz CT molecular complexity index is 1040. The number of nitrogens with one attached hydrogen (secondary N) is 2. The number of hydrogen-bond donors (Lipinski definition) is 2. The molecular weight excluding hydrogens is 504 g/mol. The van der Waals surface area contributed by atoms with Crippen molar-refractivity contribution in [3.05, 3.63) is 36.4 Å². The number of rotatable bonds is 8. The maximum absolute atomic E-state index is 13.2.